The predicted molar refractivity (Wildman–Crippen MR) is 112 cm³/mol. The number of rotatable bonds is 7. The van der Waals surface area contributed by atoms with Gasteiger partial charge in [-0.25, -0.2) is 5.43 Å². The molecule has 28 heavy (non-hydrogen) atoms. The molecule has 2 heterocycles. The number of hydrogen-bond donors (Lipinski definition) is 1. The van der Waals surface area contributed by atoms with Gasteiger partial charge in [-0.1, -0.05) is 37.3 Å². The molecule has 4 rings (SSSR count). The van der Waals surface area contributed by atoms with Crippen molar-refractivity contribution >= 4 is 34.2 Å². The number of benzene rings is 2. The molecular weight excluding hydrogens is 352 g/mol. The third kappa shape index (κ3) is 3.38. The molecular formula is C21H22N6O. The van der Waals surface area contributed by atoms with Crippen molar-refractivity contribution in [1.29, 1.82) is 0 Å². The minimum absolute atomic E-state index is 0.355. The van der Waals surface area contributed by atoms with Gasteiger partial charge >= 0.3 is 0 Å². The van der Waals surface area contributed by atoms with Crippen molar-refractivity contribution in [1.82, 2.24) is 19.7 Å². The maximum absolute atomic E-state index is 5.74. The topological polar surface area (TPSA) is 77.2 Å². The Kier molecular flexibility index (Phi) is 5.14. The summed E-state index contributed by atoms with van der Waals surface area (Å²) in [6, 6.07) is 15.9. The Hall–Kier alpha value is -3.48. The number of para-hydroxylation sites is 2. The zero-order chi connectivity index (χ0) is 19.3. The summed E-state index contributed by atoms with van der Waals surface area (Å²) < 4.78 is 7.87. The van der Waals surface area contributed by atoms with Crippen LogP contribution in [0.1, 0.15) is 25.8 Å². The molecule has 0 amide bonds. The van der Waals surface area contributed by atoms with Crippen LogP contribution < -0.4 is 10.2 Å². The summed E-state index contributed by atoms with van der Waals surface area (Å²) in [4.78, 5) is 4.62. The van der Waals surface area contributed by atoms with Gasteiger partial charge in [0.25, 0.3) is 5.95 Å². The molecule has 0 saturated heterocycles. The summed E-state index contributed by atoms with van der Waals surface area (Å²) >= 11 is 0. The average molecular weight is 374 g/mol. The maximum atomic E-state index is 5.74. The molecule has 0 radical (unpaired) electrons. The van der Waals surface area contributed by atoms with Crippen LogP contribution in [0, 0.1) is 0 Å². The largest absolute Gasteiger partial charge is 0.493 e. The van der Waals surface area contributed by atoms with Crippen LogP contribution >= 0.6 is 0 Å². The molecule has 0 atom stereocenters. The van der Waals surface area contributed by atoms with Crippen LogP contribution in [-0.2, 0) is 6.54 Å². The van der Waals surface area contributed by atoms with Crippen LogP contribution in [0.25, 0.3) is 22.1 Å². The lowest BCUT2D eigenvalue weighted by Gasteiger charge is -2.07. The lowest BCUT2D eigenvalue weighted by Crippen LogP contribution is -2.03. The lowest BCUT2D eigenvalue weighted by molar-refractivity contribution is 0.317. The van der Waals surface area contributed by atoms with E-state index in [0.29, 0.717) is 12.6 Å². The molecule has 1 N–H and O–H groups in total. The number of hydrogen-bond acceptors (Lipinski definition) is 6. The van der Waals surface area contributed by atoms with Gasteiger partial charge in [-0.15, -0.1) is 10.2 Å². The average Bonchev–Trinajstić information content (AvgIpc) is 3.06. The Morgan fingerprint density at radius 3 is 2.75 bits per heavy atom. The minimum atomic E-state index is 0.355. The highest BCUT2D eigenvalue weighted by atomic mass is 16.5. The van der Waals surface area contributed by atoms with Crippen LogP contribution in [0.2, 0.25) is 0 Å². The molecule has 0 spiro atoms. The Bertz CT molecular complexity index is 1130. The first-order valence-corrected chi connectivity index (χ1v) is 9.44. The van der Waals surface area contributed by atoms with E-state index in [1.807, 2.05) is 42.5 Å². The number of nitrogens with zero attached hydrogens (tertiary/aromatic N) is 5. The summed E-state index contributed by atoms with van der Waals surface area (Å²) in [5.41, 5.74) is 6.46. The van der Waals surface area contributed by atoms with Crippen molar-refractivity contribution in [3.63, 3.8) is 0 Å². The van der Waals surface area contributed by atoms with Gasteiger partial charge in [0, 0.05) is 17.5 Å². The first-order valence-electron chi connectivity index (χ1n) is 9.44. The van der Waals surface area contributed by atoms with Gasteiger partial charge in [-0.05, 0) is 31.5 Å². The number of anilines is 1. The second-order valence-electron chi connectivity index (χ2n) is 6.33. The molecule has 2 aromatic carbocycles. The van der Waals surface area contributed by atoms with E-state index in [1.165, 1.54) is 0 Å². The smallest absolute Gasteiger partial charge is 0.265 e. The first kappa shape index (κ1) is 17.9. The van der Waals surface area contributed by atoms with Gasteiger partial charge in [0.05, 0.1) is 18.3 Å². The van der Waals surface area contributed by atoms with Crippen molar-refractivity contribution in [2.75, 3.05) is 12.0 Å². The van der Waals surface area contributed by atoms with E-state index < -0.39 is 0 Å². The normalized spacial score (nSPS) is 11.5. The van der Waals surface area contributed by atoms with Crippen molar-refractivity contribution in [2.24, 2.45) is 5.10 Å². The maximum Gasteiger partial charge on any atom is 0.265 e. The second kappa shape index (κ2) is 8.04. The molecule has 0 unspecified atom stereocenters. The van der Waals surface area contributed by atoms with Gasteiger partial charge in [0.2, 0.25) is 0 Å². The van der Waals surface area contributed by atoms with E-state index in [2.05, 4.69) is 50.2 Å². The molecule has 7 nitrogen and oxygen atoms in total. The highest BCUT2D eigenvalue weighted by Crippen LogP contribution is 2.26. The van der Waals surface area contributed by atoms with Crippen LogP contribution in [-0.4, -0.2) is 32.6 Å². The van der Waals surface area contributed by atoms with Gasteiger partial charge in [-0.2, -0.15) is 10.1 Å². The second-order valence-corrected chi connectivity index (χ2v) is 6.33. The highest BCUT2D eigenvalue weighted by molar-refractivity contribution is 6.04. The molecule has 2 aromatic heterocycles. The third-order valence-corrected chi connectivity index (χ3v) is 4.44. The number of fused-ring (bicyclic) bond motifs is 3. The molecule has 142 valence electrons. The first-order chi connectivity index (χ1) is 13.8. The van der Waals surface area contributed by atoms with Crippen LogP contribution in [0.15, 0.2) is 53.6 Å². The van der Waals surface area contributed by atoms with E-state index >= 15 is 0 Å². The Morgan fingerprint density at radius 2 is 1.89 bits per heavy atom. The van der Waals surface area contributed by atoms with E-state index in [1.54, 1.807) is 6.21 Å². The molecule has 0 fully saturated rings. The fourth-order valence-electron chi connectivity index (χ4n) is 3.16. The van der Waals surface area contributed by atoms with Crippen molar-refractivity contribution in [2.45, 2.75) is 26.8 Å². The quantitative estimate of drug-likeness (QED) is 0.387. The SMILES string of the molecule is CCCOc1ccccc1C=NNc1nnc2c3ccccc3n(CC)c2n1. The molecule has 0 bridgehead atoms. The van der Waals surface area contributed by atoms with Crippen LogP contribution in [0.5, 0.6) is 5.75 Å². The third-order valence-electron chi connectivity index (χ3n) is 4.44. The van der Waals surface area contributed by atoms with Crippen molar-refractivity contribution < 1.29 is 4.74 Å². The van der Waals surface area contributed by atoms with Gasteiger partial charge in [0.15, 0.2) is 5.65 Å². The molecule has 4 aromatic rings. The van der Waals surface area contributed by atoms with Gasteiger partial charge in [-0.3, -0.25) is 0 Å². The van der Waals surface area contributed by atoms with Crippen molar-refractivity contribution in [3.05, 3.63) is 54.1 Å². The van der Waals surface area contributed by atoms with E-state index in [0.717, 1.165) is 46.3 Å². The van der Waals surface area contributed by atoms with Crippen molar-refractivity contribution in [3.8, 4) is 5.75 Å². The van der Waals surface area contributed by atoms with E-state index in [9.17, 15) is 0 Å². The molecule has 0 aliphatic carbocycles. The summed E-state index contributed by atoms with van der Waals surface area (Å²) in [5, 5.41) is 13.9. The lowest BCUT2D eigenvalue weighted by atomic mass is 10.2. The number of nitrogens with one attached hydrogen (secondary N) is 1. The van der Waals surface area contributed by atoms with Gasteiger partial charge < -0.3 is 9.30 Å². The summed E-state index contributed by atoms with van der Waals surface area (Å²) in [6.07, 6.45) is 2.66. The zero-order valence-electron chi connectivity index (χ0n) is 16.0. The zero-order valence-corrected chi connectivity index (χ0v) is 16.0. The molecule has 0 aliphatic heterocycles. The Labute approximate surface area is 163 Å². The standard InChI is InChI=1S/C21H22N6O/c1-3-13-28-18-12-8-5-9-15(18)14-22-25-21-23-20-19(24-26-21)16-10-6-7-11-17(16)27(20)4-2/h5-12,14H,3-4,13H2,1-2H3,(H,23,25,26). The number of ether oxygens (including phenoxy) is 1. The monoisotopic (exact) mass is 374 g/mol. The van der Waals surface area contributed by atoms with Gasteiger partial charge in [0.1, 0.15) is 11.3 Å². The number of aromatic nitrogens is 4. The minimum Gasteiger partial charge on any atom is -0.493 e. The summed E-state index contributed by atoms with van der Waals surface area (Å²) in [5.74, 6) is 1.16. The predicted octanol–water partition coefficient (Wildman–Crippen LogP) is 4.23. The van der Waals surface area contributed by atoms with E-state index in [4.69, 9.17) is 4.74 Å². The van der Waals surface area contributed by atoms with Crippen LogP contribution in [0.3, 0.4) is 0 Å². The summed E-state index contributed by atoms with van der Waals surface area (Å²) in [6.45, 7) is 5.64. The molecule has 0 saturated carbocycles. The molecule has 0 aliphatic rings. The number of hydrazone groups is 1. The fourth-order valence-corrected chi connectivity index (χ4v) is 3.16. The van der Waals surface area contributed by atoms with Crippen LogP contribution in [0.4, 0.5) is 5.95 Å². The highest BCUT2D eigenvalue weighted by Gasteiger charge is 2.13. The Balaban J connectivity index is 1.61. The Morgan fingerprint density at radius 1 is 1.07 bits per heavy atom. The molecule has 7 heteroatoms. The van der Waals surface area contributed by atoms with E-state index in [-0.39, 0.29) is 0 Å². The summed E-state index contributed by atoms with van der Waals surface area (Å²) in [7, 11) is 0. The number of aryl methyl sites for hydroxylation is 1. The fraction of sp³-hybridized carbons (Fsp3) is 0.238.